The molecule has 0 rings (SSSR count). The van der Waals surface area contributed by atoms with E-state index in [-0.39, 0.29) is 6.29 Å². The molecular weight excluding hydrogens is 141 g/mol. The summed E-state index contributed by atoms with van der Waals surface area (Å²) in [7, 11) is -3.85. The molecule has 0 aromatic carbocycles. The summed E-state index contributed by atoms with van der Waals surface area (Å²) in [6, 6.07) is 0. The fraction of sp³-hybridized carbons (Fsp3) is 0.500. The Kier molecular flexibility index (Phi) is 3.73. The third-order valence-electron chi connectivity index (χ3n) is 0.606. The number of hydrogen-bond acceptors (Lipinski definition) is 2. The highest BCUT2D eigenvalue weighted by molar-refractivity contribution is 7.51. The molecule has 0 heterocycles. The highest BCUT2D eigenvalue weighted by Gasteiger charge is 2.09. The Hall–Kier alpha value is -0.150. The molecule has 3 N–H and O–H groups in total. The molecule has 0 aliphatic carbocycles. The van der Waals surface area contributed by atoms with Crippen LogP contribution in [0.2, 0.25) is 0 Å². The van der Waals surface area contributed by atoms with Crippen molar-refractivity contribution >= 4 is 7.60 Å². The quantitative estimate of drug-likeness (QED) is 0.298. The summed E-state index contributed by atoms with van der Waals surface area (Å²) >= 11 is 0. The van der Waals surface area contributed by atoms with Crippen molar-refractivity contribution in [2.75, 3.05) is 12.8 Å². The Morgan fingerprint density at radius 3 is 2.56 bits per heavy atom. The van der Waals surface area contributed by atoms with Crippen LogP contribution in [0.15, 0.2) is 12.7 Å². The molecule has 5 heteroatoms. The van der Waals surface area contributed by atoms with Crippen LogP contribution < -0.4 is 5.32 Å². The zero-order chi connectivity index (χ0) is 7.33. The van der Waals surface area contributed by atoms with Crippen LogP contribution >= 0.6 is 7.60 Å². The Labute approximate surface area is 53.7 Å². The molecule has 0 saturated heterocycles. The summed E-state index contributed by atoms with van der Waals surface area (Å²) in [4.78, 5) is 16.5. The van der Waals surface area contributed by atoms with E-state index in [0.717, 1.165) is 0 Å². The highest BCUT2D eigenvalue weighted by Crippen LogP contribution is 2.31. The molecule has 0 amide bonds. The topological polar surface area (TPSA) is 69.6 Å². The van der Waals surface area contributed by atoms with Crippen molar-refractivity contribution in [2.45, 2.75) is 0 Å². The van der Waals surface area contributed by atoms with Gasteiger partial charge in [-0.05, 0) is 0 Å². The zero-order valence-corrected chi connectivity index (χ0v) is 5.84. The summed E-state index contributed by atoms with van der Waals surface area (Å²) in [6.07, 6.45) is 1.26. The van der Waals surface area contributed by atoms with Gasteiger partial charge in [0.05, 0.1) is 6.29 Å². The van der Waals surface area contributed by atoms with Crippen LogP contribution in [0.4, 0.5) is 0 Å². The van der Waals surface area contributed by atoms with Gasteiger partial charge in [-0.2, -0.15) is 0 Å². The smallest absolute Gasteiger partial charge is 0.324 e. The van der Waals surface area contributed by atoms with Crippen LogP contribution in [0, 0.1) is 0 Å². The van der Waals surface area contributed by atoms with Gasteiger partial charge in [0.2, 0.25) is 0 Å². The van der Waals surface area contributed by atoms with Crippen molar-refractivity contribution in [3.8, 4) is 0 Å². The molecule has 0 bridgehead atoms. The summed E-state index contributed by atoms with van der Waals surface area (Å²) in [5.41, 5.74) is 0. The van der Waals surface area contributed by atoms with E-state index in [9.17, 15) is 4.57 Å². The van der Waals surface area contributed by atoms with E-state index >= 15 is 0 Å². The van der Waals surface area contributed by atoms with Crippen molar-refractivity contribution in [3.63, 3.8) is 0 Å². The van der Waals surface area contributed by atoms with Crippen LogP contribution in [0.25, 0.3) is 0 Å². The van der Waals surface area contributed by atoms with Crippen LogP contribution in [0.3, 0.4) is 0 Å². The number of rotatable bonds is 4. The average Bonchev–Trinajstić information content (AvgIpc) is 1.63. The minimum absolute atomic E-state index is 0.279. The first-order valence-electron chi connectivity index (χ1n) is 2.42. The van der Waals surface area contributed by atoms with Crippen LogP contribution in [0.5, 0.6) is 0 Å². The lowest BCUT2D eigenvalue weighted by molar-refractivity contribution is 0.369. The standard InChI is InChI=1S/C4H10NO3P/c1-2-3-5-4-9(6,7)8/h2,5H,1,3-4H2,(H2,6,7,8). The molecule has 0 aromatic heterocycles. The maximum absolute atomic E-state index is 10.1. The maximum Gasteiger partial charge on any atom is 0.339 e. The van der Waals surface area contributed by atoms with E-state index in [1.807, 2.05) is 0 Å². The van der Waals surface area contributed by atoms with Crippen molar-refractivity contribution in [1.29, 1.82) is 0 Å². The molecular formula is C4H10NO3P. The third kappa shape index (κ3) is 7.85. The Balaban J connectivity index is 3.28. The molecule has 4 nitrogen and oxygen atoms in total. The van der Waals surface area contributed by atoms with Gasteiger partial charge >= 0.3 is 7.60 Å². The molecule has 0 radical (unpaired) electrons. The molecule has 0 spiro atoms. The SMILES string of the molecule is C=CCNCP(=O)(O)O. The molecule has 0 aliphatic rings. The van der Waals surface area contributed by atoms with Crippen LogP contribution in [-0.4, -0.2) is 22.6 Å². The fourth-order valence-electron chi connectivity index (χ4n) is 0.312. The minimum atomic E-state index is -3.85. The van der Waals surface area contributed by atoms with Crippen molar-refractivity contribution in [3.05, 3.63) is 12.7 Å². The molecule has 54 valence electrons. The molecule has 0 atom stereocenters. The van der Waals surface area contributed by atoms with Gasteiger partial charge in [-0.1, -0.05) is 6.08 Å². The van der Waals surface area contributed by atoms with Gasteiger partial charge in [0, 0.05) is 6.54 Å². The van der Waals surface area contributed by atoms with E-state index in [2.05, 4.69) is 11.9 Å². The maximum atomic E-state index is 10.1. The second-order valence-electron chi connectivity index (χ2n) is 1.57. The van der Waals surface area contributed by atoms with Gasteiger partial charge in [-0.15, -0.1) is 6.58 Å². The van der Waals surface area contributed by atoms with E-state index in [1.165, 1.54) is 6.08 Å². The Morgan fingerprint density at radius 1 is 1.67 bits per heavy atom. The van der Waals surface area contributed by atoms with Crippen molar-refractivity contribution in [2.24, 2.45) is 0 Å². The van der Waals surface area contributed by atoms with Gasteiger partial charge in [0.15, 0.2) is 0 Å². The second kappa shape index (κ2) is 3.80. The molecule has 0 aliphatic heterocycles. The second-order valence-corrected chi connectivity index (χ2v) is 3.21. The highest BCUT2D eigenvalue weighted by atomic mass is 31.2. The summed E-state index contributed by atoms with van der Waals surface area (Å²) in [6.45, 7) is 3.79. The fourth-order valence-corrected chi connectivity index (χ4v) is 0.733. The van der Waals surface area contributed by atoms with Crippen molar-refractivity contribution < 1.29 is 14.4 Å². The molecule has 0 aromatic rings. The van der Waals surface area contributed by atoms with E-state index in [0.29, 0.717) is 6.54 Å². The Bertz CT molecular complexity index is 130. The molecule has 0 unspecified atom stereocenters. The summed E-state index contributed by atoms with van der Waals surface area (Å²) in [5, 5.41) is 2.49. The minimum Gasteiger partial charge on any atom is -0.324 e. The zero-order valence-electron chi connectivity index (χ0n) is 4.95. The van der Waals surface area contributed by atoms with Gasteiger partial charge in [0.1, 0.15) is 0 Å². The normalized spacial score (nSPS) is 11.3. The third-order valence-corrected chi connectivity index (χ3v) is 1.24. The van der Waals surface area contributed by atoms with Gasteiger partial charge in [0.25, 0.3) is 0 Å². The average molecular weight is 151 g/mol. The van der Waals surface area contributed by atoms with Crippen LogP contribution in [-0.2, 0) is 4.57 Å². The monoisotopic (exact) mass is 151 g/mol. The lowest BCUT2D eigenvalue weighted by atomic mass is 10.6. The lowest BCUT2D eigenvalue weighted by Gasteiger charge is -2.01. The molecule has 9 heavy (non-hydrogen) atoms. The van der Waals surface area contributed by atoms with Gasteiger partial charge < -0.3 is 15.1 Å². The first kappa shape index (κ1) is 8.85. The van der Waals surface area contributed by atoms with Crippen molar-refractivity contribution in [1.82, 2.24) is 5.32 Å². The number of nitrogens with one attached hydrogen (secondary N) is 1. The van der Waals surface area contributed by atoms with Gasteiger partial charge in [-0.25, -0.2) is 0 Å². The lowest BCUT2D eigenvalue weighted by Crippen LogP contribution is -2.14. The van der Waals surface area contributed by atoms with Crippen LogP contribution in [0.1, 0.15) is 0 Å². The number of hydrogen-bond donors (Lipinski definition) is 3. The predicted octanol–water partition coefficient (Wildman–Crippen LogP) is -0.103. The van der Waals surface area contributed by atoms with Gasteiger partial charge in [-0.3, -0.25) is 4.57 Å². The summed E-state index contributed by atoms with van der Waals surface area (Å²) < 4.78 is 10.1. The largest absolute Gasteiger partial charge is 0.339 e. The van der Waals surface area contributed by atoms with E-state index in [1.54, 1.807) is 0 Å². The summed E-state index contributed by atoms with van der Waals surface area (Å²) in [5.74, 6) is 0. The first-order chi connectivity index (χ1) is 4.06. The first-order valence-corrected chi connectivity index (χ1v) is 4.22. The van der Waals surface area contributed by atoms with E-state index in [4.69, 9.17) is 9.79 Å². The molecule has 0 fully saturated rings. The Morgan fingerprint density at radius 2 is 2.22 bits per heavy atom. The predicted molar refractivity (Wildman–Crippen MR) is 35.1 cm³/mol. The van der Waals surface area contributed by atoms with E-state index < -0.39 is 7.60 Å². The molecule has 0 saturated carbocycles.